The van der Waals surface area contributed by atoms with Crippen molar-refractivity contribution in [2.75, 3.05) is 33.7 Å². The number of amides is 1. The molecule has 1 aromatic heterocycles. The van der Waals surface area contributed by atoms with Gasteiger partial charge in [-0.2, -0.15) is 0 Å². The fourth-order valence-electron chi connectivity index (χ4n) is 2.24. The van der Waals surface area contributed by atoms with E-state index in [9.17, 15) is 4.79 Å². The standard InChI is InChI=1S/C13H20ClN3OS/c1-16(10-5-6-15-7-10)9-13(18)17(2)8-11-3-4-12(14)19-11/h3-4,10,15H,5-9H2,1-2H3. The van der Waals surface area contributed by atoms with Crippen molar-refractivity contribution in [3.8, 4) is 0 Å². The number of nitrogens with one attached hydrogen (secondary N) is 1. The van der Waals surface area contributed by atoms with Gasteiger partial charge in [0.15, 0.2) is 0 Å². The summed E-state index contributed by atoms with van der Waals surface area (Å²) < 4.78 is 0.769. The number of rotatable bonds is 5. The average Bonchev–Trinajstić information content (AvgIpc) is 3.00. The number of hydrogen-bond acceptors (Lipinski definition) is 4. The van der Waals surface area contributed by atoms with Crippen LogP contribution in [-0.4, -0.2) is 55.5 Å². The largest absolute Gasteiger partial charge is 0.340 e. The Labute approximate surface area is 123 Å². The minimum atomic E-state index is 0.152. The number of carbonyl (C=O) groups is 1. The summed E-state index contributed by atoms with van der Waals surface area (Å²) in [6.45, 7) is 3.13. The van der Waals surface area contributed by atoms with E-state index in [-0.39, 0.29) is 5.91 Å². The summed E-state index contributed by atoms with van der Waals surface area (Å²) in [6.07, 6.45) is 1.12. The molecule has 4 nitrogen and oxygen atoms in total. The average molecular weight is 302 g/mol. The van der Waals surface area contributed by atoms with E-state index < -0.39 is 0 Å². The van der Waals surface area contributed by atoms with Crippen LogP contribution >= 0.6 is 22.9 Å². The lowest BCUT2D eigenvalue weighted by atomic mass is 10.2. The molecule has 0 aromatic carbocycles. The lowest BCUT2D eigenvalue weighted by molar-refractivity contribution is -0.131. The highest BCUT2D eigenvalue weighted by Gasteiger charge is 2.22. The number of hydrogen-bond donors (Lipinski definition) is 1. The molecule has 0 radical (unpaired) electrons. The fourth-order valence-corrected chi connectivity index (χ4v) is 3.38. The molecule has 1 atom stereocenters. The summed E-state index contributed by atoms with van der Waals surface area (Å²) in [5.41, 5.74) is 0. The van der Waals surface area contributed by atoms with Gasteiger partial charge in [0.1, 0.15) is 0 Å². The second kappa shape index (κ2) is 6.70. The Morgan fingerprint density at radius 2 is 2.32 bits per heavy atom. The Hall–Kier alpha value is -0.620. The van der Waals surface area contributed by atoms with Crippen molar-refractivity contribution >= 4 is 28.8 Å². The first-order chi connectivity index (χ1) is 9.06. The zero-order valence-electron chi connectivity index (χ0n) is 11.4. The minimum absolute atomic E-state index is 0.152. The van der Waals surface area contributed by atoms with Gasteiger partial charge >= 0.3 is 0 Å². The van der Waals surface area contributed by atoms with Crippen LogP contribution in [0.15, 0.2) is 12.1 Å². The van der Waals surface area contributed by atoms with Gasteiger partial charge in [0.2, 0.25) is 5.91 Å². The quantitative estimate of drug-likeness (QED) is 0.898. The molecule has 2 heterocycles. The molecule has 0 saturated carbocycles. The molecule has 0 spiro atoms. The molecule has 0 aliphatic carbocycles. The lowest BCUT2D eigenvalue weighted by Crippen LogP contribution is -2.41. The Kier molecular flexibility index (Phi) is 5.21. The summed E-state index contributed by atoms with van der Waals surface area (Å²) >= 11 is 7.42. The van der Waals surface area contributed by atoms with Gasteiger partial charge in [0.05, 0.1) is 17.4 Å². The molecule has 1 amide bonds. The summed E-state index contributed by atoms with van der Waals surface area (Å²) in [6, 6.07) is 4.32. The van der Waals surface area contributed by atoms with Crippen LogP contribution in [0.1, 0.15) is 11.3 Å². The van der Waals surface area contributed by atoms with E-state index in [0.717, 1.165) is 28.7 Å². The van der Waals surface area contributed by atoms with Crippen molar-refractivity contribution in [2.24, 2.45) is 0 Å². The van der Waals surface area contributed by atoms with Gasteiger partial charge in [-0.05, 0) is 32.1 Å². The SMILES string of the molecule is CN(Cc1ccc(Cl)s1)C(=O)CN(C)C1CCNC1. The van der Waals surface area contributed by atoms with Crippen LogP contribution in [0, 0.1) is 0 Å². The maximum Gasteiger partial charge on any atom is 0.236 e. The monoisotopic (exact) mass is 301 g/mol. The minimum Gasteiger partial charge on any atom is -0.340 e. The van der Waals surface area contributed by atoms with Crippen LogP contribution in [0.5, 0.6) is 0 Å². The second-order valence-corrected chi connectivity index (χ2v) is 6.82. The molecule has 106 valence electrons. The van der Waals surface area contributed by atoms with E-state index in [2.05, 4.69) is 10.2 Å². The van der Waals surface area contributed by atoms with E-state index in [1.165, 1.54) is 11.3 Å². The van der Waals surface area contributed by atoms with Gasteiger partial charge in [0, 0.05) is 24.5 Å². The summed E-state index contributed by atoms with van der Waals surface area (Å²) in [5.74, 6) is 0.152. The van der Waals surface area contributed by atoms with E-state index >= 15 is 0 Å². The molecular formula is C13H20ClN3OS. The van der Waals surface area contributed by atoms with Gasteiger partial charge in [-0.25, -0.2) is 0 Å². The highest BCUT2D eigenvalue weighted by molar-refractivity contribution is 7.16. The second-order valence-electron chi connectivity index (χ2n) is 5.02. The Bertz CT molecular complexity index is 431. The third kappa shape index (κ3) is 4.18. The summed E-state index contributed by atoms with van der Waals surface area (Å²) in [5, 5.41) is 3.32. The zero-order chi connectivity index (χ0) is 13.8. The highest BCUT2D eigenvalue weighted by Crippen LogP contribution is 2.22. The third-order valence-electron chi connectivity index (χ3n) is 3.49. The molecule has 1 N–H and O–H groups in total. The Morgan fingerprint density at radius 3 is 2.89 bits per heavy atom. The zero-order valence-corrected chi connectivity index (χ0v) is 12.9. The van der Waals surface area contributed by atoms with Crippen molar-refractivity contribution in [1.82, 2.24) is 15.1 Å². The van der Waals surface area contributed by atoms with Crippen LogP contribution in [0.25, 0.3) is 0 Å². The van der Waals surface area contributed by atoms with Crippen molar-refractivity contribution in [3.05, 3.63) is 21.3 Å². The van der Waals surface area contributed by atoms with E-state index in [4.69, 9.17) is 11.6 Å². The van der Waals surface area contributed by atoms with Crippen LogP contribution < -0.4 is 5.32 Å². The topological polar surface area (TPSA) is 35.6 Å². The normalized spacial score (nSPS) is 19.1. The van der Waals surface area contributed by atoms with Crippen LogP contribution in [-0.2, 0) is 11.3 Å². The van der Waals surface area contributed by atoms with Crippen molar-refractivity contribution in [1.29, 1.82) is 0 Å². The number of carbonyl (C=O) groups excluding carboxylic acids is 1. The number of halogens is 1. The maximum absolute atomic E-state index is 12.2. The molecule has 19 heavy (non-hydrogen) atoms. The number of thiophene rings is 1. The van der Waals surface area contributed by atoms with Crippen molar-refractivity contribution in [2.45, 2.75) is 19.0 Å². The van der Waals surface area contributed by atoms with Gasteiger partial charge in [-0.1, -0.05) is 11.6 Å². The first-order valence-electron chi connectivity index (χ1n) is 6.45. The molecule has 2 rings (SSSR count). The number of likely N-dealkylation sites (N-methyl/N-ethyl adjacent to an activating group) is 2. The van der Waals surface area contributed by atoms with E-state index in [0.29, 0.717) is 19.1 Å². The van der Waals surface area contributed by atoms with Crippen molar-refractivity contribution in [3.63, 3.8) is 0 Å². The smallest absolute Gasteiger partial charge is 0.236 e. The third-order valence-corrected chi connectivity index (χ3v) is 4.71. The van der Waals surface area contributed by atoms with Gasteiger partial charge in [-0.15, -0.1) is 11.3 Å². The van der Waals surface area contributed by atoms with Gasteiger partial charge < -0.3 is 10.2 Å². The van der Waals surface area contributed by atoms with Crippen LogP contribution in [0.3, 0.4) is 0 Å². The molecule has 6 heteroatoms. The molecule has 1 saturated heterocycles. The molecule has 1 aliphatic heterocycles. The molecular weight excluding hydrogens is 282 g/mol. The van der Waals surface area contributed by atoms with Crippen LogP contribution in [0.4, 0.5) is 0 Å². The maximum atomic E-state index is 12.2. The molecule has 1 aromatic rings. The van der Waals surface area contributed by atoms with E-state index in [1.807, 2.05) is 26.2 Å². The van der Waals surface area contributed by atoms with Gasteiger partial charge in [-0.3, -0.25) is 9.69 Å². The Morgan fingerprint density at radius 1 is 1.53 bits per heavy atom. The first-order valence-corrected chi connectivity index (χ1v) is 7.65. The predicted octanol–water partition coefficient (Wildman–Crippen LogP) is 1.65. The summed E-state index contributed by atoms with van der Waals surface area (Å²) in [7, 11) is 3.86. The molecule has 1 fully saturated rings. The molecule has 1 unspecified atom stereocenters. The number of nitrogens with zero attached hydrogens (tertiary/aromatic N) is 2. The summed E-state index contributed by atoms with van der Waals surface area (Å²) in [4.78, 5) is 17.2. The van der Waals surface area contributed by atoms with E-state index in [1.54, 1.807) is 4.90 Å². The Balaban J connectivity index is 1.81. The lowest BCUT2D eigenvalue weighted by Gasteiger charge is -2.25. The molecule has 1 aliphatic rings. The highest BCUT2D eigenvalue weighted by atomic mass is 35.5. The molecule has 0 bridgehead atoms. The first kappa shape index (κ1) is 14.8. The van der Waals surface area contributed by atoms with Crippen LogP contribution in [0.2, 0.25) is 4.34 Å². The van der Waals surface area contributed by atoms with Crippen molar-refractivity contribution < 1.29 is 4.79 Å². The predicted molar refractivity (Wildman–Crippen MR) is 79.7 cm³/mol. The fraction of sp³-hybridized carbons (Fsp3) is 0.615. The van der Waals surface area contributed by atoms with Gasteiger partial charge in [0.25, 0.3) is 0 Å².